The smallest absolute Gasteiger partial charge is 0.243 e. The van der Waals surface area contributed by atoms with Gasteiger partial charge >= 0.3 is 0 Å². The first kappa shape index (κ1) is 16.3. The Kier molecular flexibility index (Phi) is 5.77. The Morgan fingerprint density at radius 2 is 2.05 bits per heavy atom. The first-order chi connectivity index (χ1) is 10.5. The summed E-state index contributed by atoms with van der Waals surface area (Å²) in [5, 5.41) is 5.36. The minimum Gasteiger partial charge on any atom is -0.469 e. The molecule has 0 fully saturated rings. The molecule has 0 saturated heterocycles. The second-order valence-corrected chi connectivity index (χ2v) is 5.78. The molecule has 1 heterocycles. The summed E-state index contributed by atoms with van der Waals surface area (Å²) in [4.78, 5) is 23.5. The Morgan fingerprint density at radius 3 is 2.73 bits per heavy atom. The third kappa shape index (κ3) is 5.04. The number of carbonyl (C=O) groups excluding carboxylic acids is 2. The normalized spacial score (nSPS) is 10.3. The molecule has 0 radical (unpaired) electrons. The number of aryl methyl sites for hydroxylation is 2. The summed E-state index contributed by atoms with van der Waals surface area (Å²) >= 11 is 3.37. The predicted molar refractivity (Wildman–Crippen MR) is 87.5 cm³/mol. The Bertz CT molecular complexity index is 653. The van der Waals surface area contributed by atoms with Crippen molar-refractivity contribution in [3.8, 4) is 0 Å². The summed E-state index contributed by atoms with van der Waals surface area (Å²) < 4.78 is 6.10. The van der Waals surface area contributed by atoms with Crippen LogP contribution >= 0.6 is 15.9 Å². The molecular formula is C16H17BrN2O3. The van der Waals surface area contributed by atoms with Crippen LogP contribution in [0.1, 0.15) is 17.7 Å². The predicted octanol–water partition coefficient (Wildman–Crippen LogP) is 3.04. The molecule has 22 heavy (non-hydrogen) atoms. The van der Waals surface area contributed by atoms with Crippen LogP contribution in [0.3, 0.4) is 0 Å². The molecule has 0 atom stereocenters. The molecule has 0 aliphatic carbocycles. The van der Waals surface area contributed by atoms with Gasteiger partial charge in [-0.3, -0.25) is 9.59 Å². The minimum absolute atomic E-state index is 0.0491. The van der Waals surface area contributed by atoms with E-state index in [1.807, 2.05) is 31.2 Å². The van der Waals surface area contributed by atoms with Crippen molar-refractivity contribution in [3.63, 3.8) is 0 Å². The topological polar surface area (TPSA) is 71.3 Å². The summed E-state index contributed by atoms with van der Waals surface area (Å²) in [5.41, 5.74) is 1.69. The van der Waals surface area contributed by atoms with E-state index in [-0.39, 0.29) is 24.8 Å². The van der Waals surface area contributed by atoms with Crippen molar-refractivity contribution in [1.82, 2.24) is 5.32 Å². The Hall–Kier alpha value is -2.08. The minimum atomic E-state index is -0.253. The van der Waals surface area contributed by atoms with Gasteiger partial charge in [0.25, 0.3) is 0 Å². The number of anilines is 1. The number of benzene rings is 1. The molecule has 116 valence electrons. The first-order valence-corrected chi connectivity index (χ1v) is 7.69. The van der Waals surface area contributed by atoms with E-state index in [2.05, 4.69) is 26.6 Å². The molecule has 2 rings (SSSR count). The van der Waals surface area contributed by atoms with Gasteiger partial charge in [0.05, 0.1) is 12.8 Å². The van der Waals surface area contributed by atoms with Crippen molar-refractivity contribution in [2.45, 2.75) is 19.8 Å². The summed E-state index contributed by atoms with van der Waals surface area (Å²) in [7, 11) is 0. The number of rotatable bonds is 6. The third-order valence-electron chi connectivity index (χ3n) is 3.09. The highest BCUT2D eigenvalue weighted by molar-refractivity contribution is 9.10. The fraction of sp³-hybridized carbons (Fsp3) is 0.250. The summed E-state index contributed by atoms with van der Waals surface area (Å²) in [6.45, 7) is 1.86. The fourth-order valence-corrected chi connectivity index (χ4v) is 2.40. The van der Waals surface area contributed by atoms with Gasteiger partial charge in [-0.25, -0.2) is 0 Å². The first-order valence-electron chi connectivity index (χ1n) is 6.89. The Labute approximate surface area is 137 Å². The van der Waals surface area contributed by atoms with Crippen LogP contribution in [0.2, 0.25) is 0 Å². The van der Waals surface area contributed by atoms with E-state index in [0.29, 0.717) is 6.42 Å². The van der Waals surface area contributed by atoms with Crippen molar-refractivity contribution in [2.75, 3.05) is 11.9 Å². The standard InChI is InChI=1S/C16H17BrN2O3/c1-11-9-12(17)4-6-14(11)19-16(21)10-18-15(20)7-5-13-3-2-8-22-13/h2-4,6,8-9H,5,7,10H2,1H3,(H,18,20)(H,19,21). The highest BCUT2D eigenvalue weighted by Gasteiger charge is 2.08. The highest BCUT2D eigenvalue weighted by Crippen LogP contribution is 2.19. The van der Waals surface area contributed by atoms with E-state index >= 15 is 0 Å². The van der Waals surface area contributed by atoms with Crippen LogP contribution in [0.15, 0.2) is 45.5 Å². The molecule has 5 nitrogen and oxygen atoms in total. The van der Waals surface area contributed by atoms with Crippen LogP contribution in [0.5, 0.6) is 0 Å². The van der Waals surface area contributed by atoms with Crippen LogP contribution in [0, 0.1) is 6.92 Å². The molecule has 1 aromatic heterocycles. The molecule has 1 aromatic carbocycles. The van der Waals surface area contributed by atoms with E-state index < -0.39 is 0 Å². The fourth-order valence-electron chi connectivity index (χ4n) is 1.92. The molecule has 0 bridgehead atoms. The molecule has 0 unspecified atom stereocenters. The van der Waals surface area contributed by atoms with Crippen molar-refractivity contribution in [3.05, 3.63) is 52.4 Å². The largest absolute Gasteiger partial charge is 0.469 e. The van der Waals surface area contributed by atoms with Gasteiger partial charge in [-0.15, -0.1) is 0 Å². The lowest BCUT2D eigenvalue weighted by molar-refractivity contribution is -0.124. The Morgan fingerprint density at radius 1 is 1.23 bits per heavy atom. The average Bonchev–Trinajstić information content (AvgIpc) is 2.99. The van der Waals surface area contributed by atoms with Gasteiger partial charge in [0.1, 0.15) is 5.76 Å². The number of nitrogens with one attached hydrogen (secondary N) is 2. The average molecular weight is 365 g/mol. The number of hydrogen-bond donors (Lipinski definition) is 2. The van der Waals surface area contributed by atoms with Crippen LogP contribution < -0.4 is 10.6 Å². The molecular weight excluding hydrogens is 348 g/mol. The monoisotopic (exact) mass is 364 g/mol. The maximum absolute atomic E-state index is 11.8. The molecule has 6 heteroatoms. The zero-order chi connectivity index (χ0) is 15.9. The van der Waals surface area contributed by atoms with Gasteiger partial charge in [-0.1, -0.05) is 15.9 Å². The number of carbonyl (C=O) groups is 2. The van der Waals surface area contributed by atoms with Crippen LogP contribution in [0.25, 0.3) is 0 Å². The van der Waals surface area contributed by atoms with Crippen molar-refractivity contribution in [1.29, 1.82) is 0 Å². The van der Waals surface area contributed by atoms with E-state index in [4.69, 9.17) is 4.42 Å². The summed E-state index contributed by atoms with van der Waals surface area (Å²) in [6, 6.07) is 9.18. The van der Waals surface area contributed by atoms with Crippen LogP contribution in [-0.2, 0) is 16.0 Å². The van der Waals surface area contributed by atoms with E-state index in [1.54, 1.807) is 12.3 Å². The third-order valence-corrected chi connectivity index (χ3v) is 3.58. The van der Waals surface area contributed by atoms with Crippen LogP contribution in [0.4, 0.5) is 5.69 Å². The lowest BCUT2D eigenvalue weighted by Crippen LogP contribution is -2.33. The summed E-state index contributed by atoms with van der Waals surface area (Å²) in [5.74, 6) is 0.320. The highest BCUT2D eigenvalue weighted by atomic mass is 79.9. The van der Waals surface area contributed by atoms with Crippen LogP contribution in [-0.4, -0.2) is 18.4 Å². The van der Waals surface area contributed by atoms with Gasteiger partial charge in [0.15, 0.2) is 0 Å². The SMILES string of the molecule is Cc1cc(Br)ccc1NC(=O)CNC(=O)CCc1ccco1. The van der Waals surface area contributed by atoms with Gasteiger partial charge in [-0.05, 0) is 42.8 Å². The molecule has 2 aromatic rings. The van der Waals surface area contributed by atoms with E-state index in [1.165, 1.54) is 0 Å². The summed E-state index contributed by atoms with van der Waals surface area (Å²) in [6.07, 6.45) is 2.38. The second kappa shape index (κ2) is 7.79. The molecule has 0 aliphatic heterocycles. The quantitative estimate of drug-likeness (QED) is 0.827. The van der Waals surface area contributed by atoms with E-state index in [9.17, 15) is 9.59 Å². The van der Waals surface area contributed by atoms with Crippen molar-refractivity contribution in [2.24, 2.45) is 0 Å². The lowest BCUT2D eigenvalue weighted by atomic mass is 10.2. The second-order valence-electron chi connectivity index (χ2n) is 4.86. The number of amides is 2. The zero-order valence-corrected chi connectivity index (χ0v) is 13.8. The molecule has 0 spiro atoms. The number of hydrogen-bond acceptors (Lipinski definition) is 3. The molecule has 2 N–H and O–H groups in total. The molecule has 0 aliphatic rings. The number of halogens is 1. The van der Waals surface area contributed by atoms with E-state index in [0.717, 1.165) is 21.5 Å². The Balaban J connectivity index is 1.74. The van der Waals surface area contributed by atoms with Gasteiger partial charge < -0.3 is 15.1 Å². The maximum atomic E-state index is 11.8. The van der Waals surface area contributed by atoms with Gasteiger partial charge in [0, 0.05) is 23.0 Å². The van der Waals surface area contributed by atoms with Crippen molar-refractivity contribution < 1.29 is 14.0 Å². The number of furan rings is 1. The van der Waals surface area contributed by atoms with Crippen molar-refractivity contribution >= 4 is 33.4 Å². The zero-order valence-electron chi connectivity index (χ0n) is 12.2. The van der Waals surface area contributed by atoms with Gasteiger partial charge in [0.2, 0.25) is 11.8 Å². The molecule has 2 amide bonds. The molecule has 0 saturated carbocycles. The van der Waals surface area contributed by atoms with Gasteiger partial charge in [-0.2, -0.15) is 0 Å². The maximum Gasteiger partial charge on any atom is 0.243 e. The lowest BCUT2D eigenvalue weighted by Gasteiger charge is -2.09.